The van der Waals surface area contributed by atoms with Crippen LogP contribution in [0.25, 0.3) is 21.8 Å². The van der Waals surface area contributed by atoms with Crippen molar-refractivity contribution in [2.24, 2.45) is 5.92 Å². The average Bonchev–Trinajstić information content (AvgIpc) is 3.12. The van der Waals surface area contributed by atoms with Crippen LogP contribution in [0.2, 0.25) is 0 Å². The van der Waals surface area contributed by atoms with Crippen molar-refractivity contribution >= 4 is 23.2 Å². The molecule has 2 aromatic carbocycles. The first-order valence-corrected chi connectivity index (χ1v) is 9.57. The van der Waals surface area contributed by atoms with Gasteiger partial charge >= 0.3 is 0 Å². The van der Waals surface area contributed by atoms with Crippen molar-refractivity contribution in [2.75, 3.05) is 0 Å². The minimum Gasteiger partial charge on any atom is -0.273 e. The van der Waals surface area contributed by atoms with Gasteiger partial charge in [-0.2, -0.15) is 0 Å². The fourth-order valence-corrected chi connectivity index (χ4v) is 3.56. The van der Waals surface area contributed by atoms with Crippen LogP contribution in [-0.2, 0) is 4.79 Å². The number of benzene rings is 2. The molecule has 0 saturated carbocycles. The number of rotatable bonds is 5. The normalized spacial score (nSPS) is 10.6. The van der Waals surface area contributed by atoms with Gasteiger partial charge in [0.25, 0.3) is 5.91 Å². The van der Waals surface area contributed by atoms with Gasteiger partial charge < -0.3 is 0 Å². The number of carbonyl (C=O) groups excluding carboxylic acids is 2. The van der Waals surface area contributed by atoms with Crippen molar-refractivity contribution in [3.8, 4) is 21.8 Å². The molecule has 0 bridgehead atoms. The number of carbonyl (C=O) groups is 2. The third-order valence-electron chi connectivity index (χ3n) is 3.81. The summed E-state index contributed by atoms with van der Waals surface area (Å²) in [6, 6.07) is 19.3. The predicted molar refractivity (Wildman–Crippen MR) is 108 cm³/mol. The topological polar surface area (TPSA) is 71.1 Å². The van der Waals surface area contributed by atoms with Crippen molar-refractivity contribution in [1.82, 2.24) is 15.8 Å². The second kappa shape index (κ2) is 8.60. The van der Waals surface area contributed by atoms with E-state index in [0.29, 0.717) is 17.0 Å². The quantitative estimate of drug-likeness (QED) is 0.650. The summed E-state index contributed by atoms with van der Waals surface area (Å²) in [5, 5.41) is 0.758. The lowest BCUT2D eigenvalue weighted by atomic mass is 10.1. The Morgan fingerprint density at radius 3 is 2.11 bits per heavy atom. The van der Waals surface area contributed by atoms with E-state index >= 15 is 0 Å². The highest BCUT2D eigenvalue weighted by Crippen LogP contribution is 2.33. The summed E-state index contributed by atoms with van der Waals surface area (Å²) in [5.41, 5.74) is 7.40. The third kappa shape index (κ3) is 4.80. The summed E-state index contributed by atoms with van der Waals surface area (Å²) in [5.74, 6) is -0.368. The Morgan fingerprint density at radius 1 is 0.926 bits per heavy atom. The van der Waals surface area contributed by atoms with Gasteiger partial charge in [0.15, 0.2) is 0 Å². The van der Waals surface area contributed by atoms with E-state index in [1.54, 1.807) is 0 Å². The van der Waals surface area contributed by atoms with Crippen LogP contribution in [0.15, 0.2) is 60.7 Å². The average molecular weight is 379 g/mol. The maximum absolute atomic E-state index is 12.7. The Bertz CT molecular complexity index is 921. The largest absolute Gasteiger partial charge is 0.282 e. The van der Waals surface area contributed by atoms with Gasteiger partial charge in [0.2, 0.25) is 5.91 Å². The number of thiazole rings is 1. The highest BCUT2D eigenvalue weighted by molar-refractivity contribution is 7.17. The minimum atomic E-state index is -0.370. The number of amides is 2. The molecular formula is C21H21N3O2S. The van der Waals surface area contributed by atoms with Crippen molar-refractivity contribution in [3.05, 3.63) is 65.5 Å². The lowest BCUT2D eigenvalue weighted by molar-refractivity contribution is -0.122. The molecule has 138 valence electrons. The minimum absolute atomic E-state index is 0.215. The van der Waals surface area contributed by atoms with Crippen LogP contribution < -0.4 is 10.9 Å². The molecule has 0 aliphatic heterocycles. The zero-order chi connectivity index (χ0) is 19.2. The Hall–Kier alpha value is -2.99. The first kappa shape index (κ1) is 18.8. The fourth-order valence-electron chi connectivity index (χ4n) is 2.57. The van der Waals surface area contributed by atoms with Crippen molar-refractivity contribution in [2.45, 2.75) is 20.3 Å². The van der Waals surface area contributed by atoms with Gasteiger partial charge in [-0.25, -0.2) is 4.98 Å². The maximum Gasteiger partial charge on any atom is 0.282 e. The summed E-state index contributed by atoms with van der Waals surface area (Å²) in [6.45, 7) is 3.90. The number of aromatic nitrogens is 1. The molecule has 1 aromatic heterocycles. The predicted octanol–water partition coefficient (Wildman–Crippen LogP) is 4.28. The van der Waals surface area contributed by atoms with Crippen LogP contribution in [0.1, 0.15) is 29.9 Å². The summed E-state index contributed by atoms with van der Waals surface area (Å²) in [4.78, 5) is 29.7. The van der Waals surface area contributed by atoms with Gasteiger partial charge in [-0.05, 0) is 5.92 Å². The Kier molecular flexibility index (Phi) is 5.98. The summed E-state index contributed by atoms with van der Waals surface area (Å²) < 4.78 is 0. The molecule has 0 fully saturated rings. The van der Waals surface area contributed by atoms with E-state index < -0.39 is 0 Å². The highest BCUT2D eigenvalue weighted by Gasteiger charge is 2.20. The molecule has 0 spiro atoms. The second-order valence-corrected chi connectivity index (χ2v) is 7.53. The SMILES string of the molecule is CC(C)CC(=O)NNC(=O)c1sc(-c2ccccc2)nc1-c1ccccc1. The van der Waals surface area contributed by atoms with E-state index in [4.69, 9.17) is 4.98 Å². The standard InChI is InChI=1S/C21H21N3O2S/c1-14(2)13-17(25)23-24-20(26)19-18(15-9-5-3-6-10-15)22-21(27-19)16-11-7-4-8-12-16/h3-12,14H,13H2,1-2H3,(H,23,25)(H,24,26). The second-order valence-electron chi connectivity index (χ2n) is 6.53. The van der Waals surface area contributed by atoms with Crippen LogP contribution in [-0.4, -0.2) is 16.8 Å². The van der Waals surface area contributed by atoms with Gasteiger partial charge in [-0.1, -0.05) is 74.5 Å². The van der Waals surface area contributed by atoms with Crippen molar-refractivity contribution in [3.63, 3.8) is 0 Å². The molecule has 0 aliphatic rings. The monoisotopic (exact) mass is 379 g/mol. The zero-order valence-electron chi connectivity index (χ0n) is 15.2. The molecule has 3 aromatic rings. The van der Waals surface area contributed by atoms with E-state index in [1.807, 2.05) is 74.5 Å². The van der Waals surface area contributed by atoms with E-state index in [-0.39, 0.29) is 17.7 Å². The number of hydrogen-bond donors (Lipinski definition) is 2. The molecule has 1 heterocycles. The number of hydrogen-bond acceptors (Lipinski definition) is 4. The molecule has 0 unspecified atom stereocenters. The van der Waals surface area contributed by atoms with Gasteiger partial charge in [0.1, 0.15) is 9.88 Å². The lowest BCUT2D eigenvalue weighted by Crippen LogP contribution is -2.41. The van der Waals surface area contributed by atoms with Gasteiger partial charge in [0, 0.05) is 17.5 Å². The third-order valence-corrected chi connectivity index (χ3v) is 4.91. The molecule has 3 rings (SSSR count). The van der Waals surface area contributed by atoms with Crippen LogP contribution in [0.4, 0.5) is 0 Å². The smallest absolute Gasteiger partial charge is 0.273 e. The Balaban J connectivity index is 1.89. The van der Waals surface area contributed by atoms with Crippen LogP contribution in [0.5, 0.6) is 0 Å². The van der Waals surface area contributed by atoms with Crippen molar-refractivity contribution in [1.29, 1.82) is 0 Å². The molecule has 0 saturated heterocycles. The maximum atomic E-state index is 12.7. The van der Waals surface area contributed by atoms with Crippen molar-refractivity contribution < 1.29 is 9.59 Å². The number of hydrazine groups is 1. The Labute approximate surface area is 162 Å². The summed E-state index contributed by atoms with van der Waals surface area (Å²) in [7, 11) is 0. The molecule has 0 aliphatic carbocycles. The van der Waals surface area contributed by atoms with Crippen LogP contribution in [0, 0.1) is 5.92 Å². The molecule has 0 radical (unpaired) electrons. The number of nitrogens with zero attached hydrogens (tertiary/aromatic N) is 1. The molecular weight excluding hydrogens is 358 g/mol. The highest BCUT2D eigenvalue weighted by atomic mass is 32.1. The fraction of sp³-hybridized carbons (Fsp3) is 0.190. The summed E-state index contributed by atoms with van der Waals surface area (Å²) >= 11 is 1.31. The molecule has 2 amide bonds. The zero-order valence-corrected chi connectivity index (χ0v) is 16.0. The van der Waals surface area contributed by atoms with E-state index in [0.717, 1.165) is 16.1 Å². The lowest BCUT2D eigenvalue weighted by Gasteiger charge is -2.08. The van der Waals surface area contributed by atoms with Crippen LogP contribution in [0.3, 0.4) is 0 Å². The van der Waals surface area contributed by atoms with Crippen LogP contribution >= 0.6 is 11.3 Å². The first-order chi connectivity index (χ1) is 13.0. The molecule has 5 nitrogen and oxygen atoms in total. The van der Waals surface area contributed by atoms with Gasteiger partial charge in [-0.15, -0.1) is 11.3 Å². The Morgan fingerprint density at radius 2 is 1.52 bits per heavy atom. The van der Waals surface area contributed by atoms with Gasteiger partial charge in [-0.3, -0.25) is 20.4 Å². The number of nitrogens with one attached hydrogen (secondary N) is 2. The molecule has 6 heteroatoms. The molecule has 0 atom stereocenters. The molecule has 2 N–H and O–H groups in total. The van der Waals surface area contributed by atoms with E-state index in [2.05, 4.69) is 10.9 Å². The molecule has 27 heavy (non-hydrogen) atoms. The van der Waals surface area contributed by atoms with Gasteiger partial charge in [0.05, 0.1) is 5.69 Å². The van der Waals surface area contributed by atoms with E-state index in [1.165, 1.54) is 11.3 Å². The summed E-state index contributed by atoms with van der Waals surface area (Å²) in [6.07, 6.45) is 0.351. The van der Waals surface area contributed by atoms with E-state index in [9.17, 15) is 9.59 Å². The first-order valence-electron chi connectivity index (χ1n) is 8.75.